The number of hydrogen-bond acceptors (Lipinski definition) is 2. The van der Waals surface area contributed by atoms with Crippen molar-refractivity contribution in [1.82, 2.24) is 5.32 Å². The maximum absolute atomic E-state index is 14.3. The van der Waals surface area contributed by atoms with E-state index in [0.717, 1.165) is 19.4 Å². The number of hydrogen-bond donors (Lipinski definition) is 1. The summed E-state index contributed by atoms with van der Waals surface area (Å²) in [5.41, 5.74) is 0.772. The molecule has 0 aliphatic carbocycles. The van der Waals surface area contributed by atoms with Gasteiger partial charge in [-0.2, -0.15) is 0 Å². The smallest absolute Gasteiger partial charge is 0.149 e. The zero-order chi connectivity index (χ0) is 15.8. The van der Waals surface area contributed by atoms with Gasteiger partial charge in [-0.25, -0.2) is 8.78 Å². The van der Waals surface area contributed by atoms with E-state index in [0.29, 0.717) is 31.1 Å². The van der Waals surface area contributed by atoms with Crippen molar-refractivity contribution < 1.29 is 8.78 Å². The average Bonchev–Trinajstić information content (AvgIpc) is 2.38. The summed E-state index contributed by atoms with van der Waals surface area (Å²) < 4.78 is 28.6. The van der Waals surface area contributed by atoms with Crippen molar-refractivity contribution in [3.05, 3.63) is 29.3 Å². The van der Waals surface area contributed by atoms with E-state index in [1.165, 1.54) is 12.1 Å². The predicted octanol–water partition coefficient (Wildman–Crippen LogP) is 4.34. The molecule has 4 heteroatoms. The number of nitrogens with one attached hydrogen (secondary N) is 1. The van der Waals surface area contributed by atoms with Crippen LogP contribution in [0.25, 0.3) is 0 Å². The summed E-state index contributed by atoms with van der Waals surface area (Å²) in [7, 11) is 0. The molecule has 1 aromatic carbocycles. The molecule has 0 heterocycles. The lowest BCUT2D eigenvalue weighted by atomic mass is 10.1. The first-order valence-electron chi connectivity index (χ1n) is 7.93. The highest BCUT2D eigenvalue weighted by atomic mass is 19.1. The molecule has 0 aliphatic heterocycles. The lowest BCUT2D eigenvalue weighted by Gasteiger charge is -2.25. The van der Waals surface area contributed by atoms with Crippen LogP contribution in [0.15, 0.2) is 12.1 Å². The summed E-state index contributed by atoms with van der Waals surface area (Å²) in [4.78, 5) is 1.80. The summed E-state index contributed by atoms with van der Waals surface area (Å²) in [6, 6.07) is 2.90. The van der Waals surface area contributed by atoms with Gasteiger partial charge in [0.15, 0.2) is 0 Å². The highest BCUT2D eigenvalue weighted by Gasteiger charge is 2.17. The molecule has 0 saturated heterocycles. The van der Waals surface area contributed by atoms with Gasteiger partial charge >= 0.3 is 0 Å². The van der Waals surface area contributed by atoms with Crippen molar-refractivity contribution in [2.24, 2.45) is 5.92 Å². The largest absolute Gasteiger partial charge is 0.367 e. The van der Waals surface area contributed by atoms with Crippen LogP contribution in [0.5, 0.6) is 0 Å². The maximum atomic E-state index is 14.3. The van der Waals surface area contributed by atoms with Crippen LogP contribution in [-0.4, -0.2) is 19.6 Å². The van der Waals surface area contributed by atoms with Gasteiger partial charge in [0.05, 0.1) is 0 Å². The standard InChI is InChI=1S/C17H28F2N2/c1-5-7-21(8-6-2)17-15(18)9-14(10-16(17)19)12-20-11-13(3)4/h9-10,13,20H,5-8,11-12H2,1-4H3. The fourth-order valence-corrected chi connectivity index (χ4v) is 2.40. The molecule has 1 N–H and O–H groups in total. The third-order valence-corrected chi connectivity index (χ3v) is 3.26. The van der Waals surface area contributed by atoms with Gasteiger partial charge in [0.1, 0.15) is 17.3 Å². The first kappa shape index (κ1) is 17.9. The van der Waals surface area contributed by atoms with E-state index in [2.05, 4.69) is 19.2 Å². The van der Waals surface area contributed by atoms with Gasteiger partial charge in [0.25, 0.3) is 0 Å². The second-order valence-electron chi connectivity index (χ2n) is 5.92. The Labute approximate surface area is 127 Å². The zero-order valence-corrected chi connectivity index (χ0v) is 13.7. The lowest BCUT2D eigenvalue weighted by Crippen LogP contribution is -2.27. The van der Waals surface area contributed by atoms with E-state index >= 15 is 0 Å². The Morgan fingerprint density at radius 3 is 2.00 bits per heavy atom. The van der Waals surface area contributed by atoms with Crippen LogP contribution in [0.4, 0.5) is 14.5 Å². The summed E-state index contributed by atoms with van der Waals surface area (Å²) in [6.07, 6.45) is 1.74. The molecule has 0 atom stereocenters. The van der Waals surface area contributed by atoms with Gasteiger partial charge in [0.2, 0.25) is 0 Å². The highest BCUT2D eigenvalue weighted by Crippen LogP contribution is 2.25. The molecule has 0 unspecified atom stereocenters. The van der Waals surface area contributed by atoms with E-state index in [1.54, 1.807) is 4.90 Å². The minimum atomic E-state index is -0.460. The van der Waals surface area contributed by atoms with Crippen molar-refractivity contribution in [1.29, 1.82) is 0 Å². The monoisotopic (exact) mass is 298 g/mol. The minimum absolute atomic E-state index is 0.117. The topological polar surface area (TPSA) is 15.3 Å². The molecule has 120 valence electrons. The van der Waals surface area contributed by atoms with Gasteiger partial charge < -0.3 is 10.2 Å². The second-order valence-corrected chi connectivity index (χ2v) is 5.92. The molecule has 0 fully saturated rings. The van der Waals surface area contributed by atoms with Gasteiger partial charge in [0, 0.05) is 19.6 Å². The molecule has 0 bridgehead atoms. The van der Waals surface area contributed by atoms with Crippen molar-refractivity contribution in [2.45, 2.75) is 47.1 Å². The van der Waals surface area contributed by atoms with E-state index in [1.807, 2.05) is 13.8 Å². The number of halogens is 2. The van der Waals surface area contributed by atoms with Crippen LogP contribution in [0.3, 0.4) is 0 Å². The summed E-state index contributed by atoms with van der Waals surface area (Å²) >= 11 is 0. The maximum Gasteiger partial charge on any atom is 0.149 e. The van der Waals surface area contributed by atoms with Crippen LogP contribution in [0.1, 0.15) is 46.1 Å². The Bertz CT molecular complexity index is 404. The van der Waals surface area contributed by atoms with Crippen molar-refractivity contribution >= 4 is 5.69 Å². The first-order chi connectivity index (χ1) is 9.99. The number of rotatable bonds is 9. The molecule has 0 saturated carbocycles. The third-order valence-electron chi connectivity index (χ3n) is 3.26. The normalized spacial score (nSPS) is 11.2. The fraction of sp³-hybridized carbons (Fsp3) is 0.647. The van der Waals surface area contributed by atoms with Crippen LogP contribution in [0, 0.1) is 17.6 Å². The highest BCUT2D eigenvalue weighted by molar-refractivity contribution is 5.50. The van der Waals surface area contributed by atoms with Crippen LogP contribution in [0.2, 0.25) is 0 Å². The van der Waals surface area contributed by atoms with E-state index in [9.17, 15) is 8.78 Å². The van der Waals surface area contributed by atoms with E-state index in [-0.39, 0.29) is 5.69 Å². The summed E-state index contributed by atoms with van der Waals surface area (Å²) in [5.74, 6) is -0.403. The molecule has 0 amide bonds. The Morgan fingerprint density at radius 2 is 1.57 bits per heavy atom. The Hall–Kier alpha value is -1.16. The molecule has 21 heavy (non-hydrogen) atoms. The molecular weight excluding hydrogens is 270 g/mol. The molecule has 2 nitrogen and oxygen atoms in total. The fourth-order valence-electron chi connectivity index (χ4n) is 2.40. The summed E-state index contributed by atoms with van der Waals surface area (Å²) in [5, 5.41) is 3.21. The van der Waals surface area contributed by atoms with E-state index in [4.69, 9.17) is 0 Å². The molecule has 0 spiro atoms. The molecule has 0 aromatic heterocycles. The zero-order valence-electron chi connectivity index (χ0n) is 13.7. The predicted molar refractivity (Wildman–Crippen MR) is 85.7 cm³/mol. The van der Waals surface area contributed by atoms with Gasteiger partial charge in [-0.1, -0.05) is 27.7 Å². The third kappa shape index (κ3) is 5.62. The quantitative estimate of drug-likeness (QED) is 0.729. The second kappa shape index (κ2) is 8.98. The summed E-state index contributed by atoms with van der Waals surface area (Å²) in [6.45, 7) is 10.9. The molecule has 0 radical (unpaired) electrons. The minimum Gasteiger partial charge on any atom is -0.367 e. The molecule has 1 rings (SSSR count). The molecular formula is C17H28F2N2. The average molecular weight is 298 g/mol. The number of benzene rings is 1. The van der Waals surface area contributed by atoms with Crippen molar-refractivity contribution in [3.63, 3.8) is 0 Å². The van der Waals surface area contributed by atoms with E-state index < -0.39 is 11.6 Å². The number of anilines is 1. The molecule has 1 aromatic rings. The van der Waals surface area contributed by atoms with Crippen LogP contribution < -0.4 is 10.2 Å². The molecule has 0 aliphatic rings. The first-order valence-corrected chi connectivity index (χ1v) is 7.93. The van der Waals surface area contributed by atoms with Crippen LogP contribution >= 0.6 is 0 Å². The lowest BCUT2D eigenvalue weighted by molar-refractivity contribution is 0.540. The van der Waals surface area contributed by atoms with Crippen molar-refractivity contribution in [3.8, 4) is 0 Å². The van der Waals surface area contributed by atoms with Gasteiger partial charge in [-0.3, -0.25) is 0 Å². The number of nitrogens with zero attached hydrogens (tertiary/aromatic N) is 1. The SMILES string of the molecule is CCCN(CCC)c1c(F)cc(CNCC(C)C)cc1F. The Morgan fingerprint density at radius 1 is 1.05 bits per heavy atom. The Balaban J connectivity index is 2.87. The van der Waals surface area contributed by atoms with Crippen LogP contribution in [-0.2, 0) is 6.54 Å². The Kier molecular flexibility index (Phi) is 7.65. The van der Waals surface area contributed by atoms with Gasteiger partial charge in [-0.05, 0) is 43.0 Å². The van der Waals surface area contributed by atoms with Gasteiger partial charge in [-0.15, -0.1) is 0 Å². The van der Waals surface area contributed by atoms with Crippen molar-refractivity contribution in [2.75, 3.05) is 24.5 Å².